The van der Waals surface area contributed by atoms with Gasteiger partial charge in [-0.15, -0.1) is 0 Å². The highest BCUT2D eigenvalue weighted by Crippen LogP contribution is 2.28. The Labute approximate surface area is 197 Å². The third-order valence-electron chi connectivity index (χ3n) is 4.40. The molecule has 32 heavy (non-hydrogen) atoms. The molecule has 0 aliphatic carbocycles. The quantitative estimate of drug-likeness (QED) is 0.238. The van der Waals surface area contributed by atoms with Gasteiger partial charge in [0.15, 0.2) is 5.70 Å². The summed E-state index contributed by atoms with van der Waals surface area (Å²) in [5.41, 5.74) is 2.08. The van der Waals surface area contributed by atoms with E-state index in [0.717, 1.165) is 10.0 Å². The lowest BCUT2D eigenvalue weighted by Gasteiger charge is -2.06. The number of rotatable bonds is 5. The van der Waals surface area contributed by atoms with Gasteiger partial charge in [-0.25, -0.2) is 14.6 Å². The minimum Gasteiger partial charge on any atom is -0.423 e. The van der Waals surface area contributed by atoms with E-state index >= 15 is 0 Å². The molecule has 0 spiro atoms. The number of aliphatic imine (C=N–C) groups is 1. The summed E-state index contributed by atoms with van der Waals surface area (Å²) in [6.45, 7) is 0. The van der Waals surface area contributed by atoms with Gasteiger partial charge in [0.25, 0.3) is 0 Å². The highest BCUT2D eigenvalue weighted by atomic mass is 79.9. The molecule has 3 aromatic carbocycles. The Morgan fingerprint density at radius 2 is 1.78 bits per heavy atom. The van der Waals surface area contributed by atoms with E-state index in [2.05, 4.69) is 20.9 Å². The van der Waals surface area contributed by atoms with E-state index in [1.807, 2.05) is 30.3 Å². The molecule has 0 bridgehead atoms. The highest BCUT2D eigenvalue weighted by molar-refractivity contribution is 9.10. The van der Waals surface area contributed by atoms with Crippen molar-refractivity contribution < 1.29 is 19.1 Å². The van der Waals surface area contributed by atoms with Crippen LogP contribution in [-0.2, 0) is 14.3 Å². The van der Waals surface area contributed by atoms with Crippen molar-refractivity contribution in [2.45, 2.75) is 0 Å². The number of halogens is 2. The lowest BCUT2D eigenvalue weighted by molar-refractivity contribution is -0.130. The van der Waals surface area contributed by atoms with Gasteiger partial charge in [0.05, 0.1) is 0 Å². The summed E-state index contributed by atoms with van der Waals surface area (Å²) in [4.78, 5) is 28.9. The Hall–Kier alpha value is -3.48. The molecule has 0 N–H and O–H groups in total. The third kappa shape index (κ3) is 5.41. The molecule has 0 unspecified atom stereocenters. The SMILES string of the molecule is O=C(/C=C/c1ccccc1)Oc1ccc(Br)cc1/C=C1/N=C(c2ccc(Cl)cc2)OC1=O. The number of benzene rings is 3. The number of carbonyl (C=O) groups is 2. The number of carbonyl (C=O) groups excluding carboxylic acids is 2. The molecule has 1 aliphatic heterocycles. The summed E-state index contributed by atoms with van der Waals surface area (Å²) in [6.07, 6.45) is 4.52. The molecule has 158 valence electrons. The molecule has 0 radical (unpaired) electrons. The summed E-state index contributed by atoms with van der Waals surface area (Å²) in [6, 6.07) is 21.3. The number of ether oxygens (including phenoxy) is 2. The molecule has 1 aliphatic rings. The van der Waals surface area contributed by atoms with E-state index in [1.165, 1.54) is 12.2 Å². The fourth-order valence-corrected chi connectivity index (χ4v) is 3.37. The van der Waals surface area contributed by atoms with Crippen LogP contribution in [0.4, 0.5) is 0 Å². The second-order valence-electron chi connectivity index (χ2n) is 6.69. The third-order valence-corrected chi connectivity index (χ3v) is 5.14. The molecule has 5 nitrogen and oxygen atoms in total. The van der Waals surface area contributed by atoms with Crippen molar-refractivity contribution in [3.8, 4) is 5.75 Å². The average molecular weight is 509 g/mol. The predicted octanol–water partition coefficient (Wildman–Crippen LogP) is 6.07. The van der Waals surface area contributed by atoms with Crippen LogP contribution in [0.2, 0.25) is 5.02 Å². The molecule has 1 heterocycles. The maximum Gasteiger partial charge on any atom is 0.363 e. The lowest BCUT2D eigenvalue weighted by atomic mass is 10.1. The fourth-order valence-electron chi connectivity index (χ4n) is 2.87. The van der Waals surface area contributed by atoms with Gasteiger partial charge in [-0.1, -0.05) is 57.9 Å². The monoisotopic (exact) mass is 507 g/mol. The Bertz CT molecular complexity index is 1260. The molecular weight excluding hydrogens is 494 g/mol. The van der Waals surface area contributed by atoms with Crippen LogP contribution in [0.3, 0.4) is 0 Å². The topological polar surface area (TPSA) is 65.0 Å². The molecule has 0 aromatic heterocycles. The smallest absolute Gasteiger partial charge is 0.363 e. The summed E-state index contributed by atoms with van der Waals surface area (Å²) >= 11 is 9.30. The zero-order chi connectivity index (χ0) is 22.5. The average Bonchev–Trinajstić information content (AvgIpc) is 3.15. The largest absolute Gasteiger partial charge is 0.423 e. The summed E-state index contributed by atoms with van der Waals surface area (Å²) < 4.78 is 11.5. The van der Waals surface area contributed by atoms with Gasteiger partial charge >= 0.3 is 11.9 Å². The van der Waals surface area contributed by atoms with Crippen LogP contribution in [0.5, 0.6) is 5.75 Å². The fraction of sp³-hybridized carbons (Fsp3) is 0. The van der Waals surface area contributed by atoms with Gasteiger partial charge in [0.1, 0.15) is 5.75 Å². The molecular formula is C25H15BrClNO4. The molecule has 0 atom stereocenters. The van der Waals surface area contributed by atoms with Crippen molar-refractivity contribution in [2.75, 3.05) is 0 Å². The molecule has 7 heteroatoms. The number of hydrogen-bond acceptors (Lipinski definition) is 5. The summed E-state index contributed by atoms with van der Waals surface area (Å²) in [5.74, 6) is -0.685. The first-order chi connectivity index (χ1) is 15.5. The van der Waals surface area contributed by atoms with E-state index in [0.29, 0.717) is 16.1 Å². The van der Waals surface area contributed by atoms with Crippen LogP contribution in [0.15, 0.2) is 94.0 Å². The standard InChI is InChI=1S/C25H15BrClNO4/c26-19-9-12-22(31-23(29)13-6-16-4-2-1-3-5-16)18(14-19)15-21-25(30)32-24(28-21)17-7-10-20(27)11-8-17/h1-15H/b13-6+,21-15+. The molecule has 0 amide bonds. The van der Waals surface area contributed by atoms with Gasteiger partial charge in [-0.2, -0.15) is 0 Å². The second-order valence-corrected chi connectivity index (χ2v) is 8.04. The molecule has 4 rings (SSSR count). The highest BCUT2D eigenvalue weighted by Gasteiger charge is 2.24. The minimum absolute atomic E-state index is 0.0881. The number of esters is 2. The van der Waals surface area contributed by atoms with Crippen molar-refractivity contribution in [3.63, 3.8) is 0 Å². The van der Waals surface area contributed by atoms with Gasteiger partial charge in [0, 0.05) is 26.7 Å². The van der Waals surface area contributed by atoms with Gasteiger partial charge in [-0.3, -0.25) is 0 Å². The number of hydrogen-bond donors (Lipinski definition) is 0. The van der Waals surface area contributed by atoms with Crippen LogP contribution >= 0.6 is 27.5 Å². The molecule has 0 saturated heterocycles. The van der Waals surface area contributed by atoms with E-state index < -0.39 is 11.9 Å². The van der Waals surface area contributed by atoms with Crippen LogP contribution in [0.25, 0.3) is 12.2 Å². The Morgan fingerprint density at radius 3 is 2.53 bits per heavy atom. The van der Waals surface area contributed by atoms with E-state index in [9.17, 15) is 9.59 Å². The first-order valence-electron chi connectivity index (χ1n) is 9.51. The van der Waals surface area contributed by atoms with Crippen molar-refractivity contribution in [1.82, 2.24) is 0 Å². The Kier molecular flexibility index (Phi) is 6.63. The van der Waals surface area contributed by atoms with Crippen LogP contribution in [-0.4, -0.2) is 17.8 Å². The van der Waals surface area contributed by atoms with Crippen molar-refractivity contribution in [1.29, 1.82) is 0 Å². The number of cyclic esters (lactones) is 1. The first kappa shape index (κ1) is 21.7. The Morgan fingerprint density at radius 1 is 1.03 bits per heavy atom. The van der Waals surface area contributed by atoms with Crippen LogP contribution in [0, 0.1) is 0 Å². The van der Waals surface area contributed by atoms with Crippen molar-refractivity contribution in [3.05, 3.63) is 111 Å². The number of nitrogens with zero attached hydrogens (tertiary/aromatic N) is 1. The minimum atomic E-state index is -0.601. The van der Waals surface area contributed by atoms with E-state index in [-0.39, 0.29) is 17.3 Å². The summed E-state index contributed by atoms with van der Waals surface area (Å²) in [7, 11) is 0. The van der Waals surface area contributed by atoms with E-state index in [1.54, 1.807) is 48.5 Å². The van der Waals surface area contributed by atoms with E-state index in [4.69, 9.17) is 21.1 Å². The maximum absolute atomic E-state index is 12.3. The normalized spacial score (nSPS) is 14.5. The molecule has 0 saturated carbocycles. The zero-order valence-electron chi connectivity index (χ0n) is 16.5. The van der Waals surface area contributed by atoms with Gasteiger partial charge in [-0.05, 0) is 60.2 Å². The van der Waals surface area contributed by atoms with Crippen molar-refractivity contribution >= 4 is 57.5 Å². The van der Waals surface area contributed by atoms with Gasteiger partial charge in [0.2, 0.25) is 5.90 Å². The summed E-state index contributed by atoms with van der Waals surface area (Å²) in [5, 5.41) is 0.566. The van der Waals surface area contributed by atoms with Gasteiger partial charge < -0.3 is 9.47 Å². The lowest BCUT2D eigenvalue weighted by Crippen LogP contribution is -2.06. The maximum atomic E-state index is 12.3. The zero-order valence-corrected chi connectivity index (χ0v) is 18.8. The first-order valence-corrected chi connectivity index (χ1v) is 10.7. The predicted molar refractivity (Wildman–Crippen MR) is 127 cm³/mol. The Balaban J connectivity index is 1.58. The van der Waals surface area contributed by atoms with Crippen molar-refractivity contribution in [2.24, 2.45) is 4.99 Å². The second kappa shape index (κ2) is 9.77. The molecule has 0 fully saturated rings. The van der Waals surface area contributed by atoms with Crippen LogP contribution in [0.1, 0.15) is 16.7 Å². The molecule has 3 aromatic rings. The van der Waals surface area contributed by atoms with Crippen LogP contribution < -0.4 is 4.74 Å².